The molecular formula is C24H14F3NO4. The minimum Gasteiger partial charge on any atom is -0.493 e. The molecule has 0 saturated heterocycles. The highest BCUT2D eigenvalue weighted by atomic mass is 19.4. The lowest BCUT2D eigenvalue weighted by molar-refractivity contribution is -0.138. The zero-order valence-electron chi connectivity index (χ0n) is 16.6. The number of methoxy groups -OCH3 is 1. The predicted molar refractivity (Wildman–Crippen MR) is 109 cm³/mol. The third kappa shape index (κ3) is 4.01. The fourth-order valence-corrected chi connectivity index (χ4v) is 3.17. The van der Waals surface area contributed by atoms with Crippen LogP contribution in [0.4, 0.5) is 13.2 Å². The van der Waals surface area contributed by atoms with E-state index in [0.29, 0.717) is 16.9 Å². The smallest absolute Gasteiger partial charge is 0.420 e. The highest BCUT2D eigenvalue weighted by Crippen LogP contribution is 2.41. The molecule has 0 fully saturated rings. The van der Waals surface area contributed by atoms with Crippen molar-refractivity contribution in [3.63, 3.8) is 0 Å². The highest BCUT2D eigenvalue weighted by molar-refractivity contribution is 6.14. The molecule has 8 heteroatoms. The van der Waals surface area contributed by atoms with E-state index < -0.39 is 17.5 Å². The second-order valence-electron chi connectivity index (χ2n) is 6.77. The Balaban J connectivity index is 1.65. The SMILES string of the molecule is COc1cc(C=C2Oc3ccccc3C2=O)ccc1Oc1ccc(C#N)cc1C(F)(F)F. The zero-order valence-corrected chi connectivity index (χ0v) is 16.6. The van der Waals surface area contributed by atoms with Gasteiger partial charge in [0, 0.05) is 0 Å². The average Bonchev–Trinajstić information content (AvgIpc) is 3.09. The minimum atomic E-state index is -4.71. The first kappa shape index (κ1) is 21.0. The van der Waals surface area contributed by atoms with Crippen LogP contribution in [0.2, 0.25) is 0 Å². The number of allylic oxidation sites excluding steroid dienone is 1. The van der Waals surface area contributed by atoms with Crippen LogP contribution in [0.1, 0.15) is 27.0 Å². The first-order valence-corrected chi connectivity index (χ1v) is 9.30. The lowest BCUT2D eigenvalue weighted by Gasteiger charge is -2.16. The number of halogens is 3. The molecule has 3 aromatic carbocycles. The summed E-state index contributed by atoms with van der Waals surface area (Å²) in [5, 5.41) is 8.90. The number of carbonyl (C=O) groups excluding carboxylic acids is 1. The van der Waals surface area contributed by atoms with Gasteiger partial charge in [0.1, 0.15) is 11.5 Å². The van der Waals surface area contributed by atoms with E-state index in [9.17, 15) is 18.0 Å². The maximum absolute atomic E-state index is 13.4. The Labute approximate surface area is 180 Å². The number of ketones is 1. The van der Waals surface area contributed by atoms with Gasteiger partial charge in [-0.15, -0.1) is 0 Å². The molecule has 1 heterocycles. The number of benzene rings is 3. The normalized spacial score (nSPS) is 14.0. The molecule has 0 aliphatic carbocycles. The van der Waals surface area contributed by atoms with Crippen molar-refractivity contribution in [2.24, 2.45) is 0 Å². The third-order valence-corrected chi connectivity index (χ3v) is 4.69. The number of nitriles is 1. The number of nitrogens with zero attached hydrogens (tertiary/aromatic N) is 1. The molecule has 160 valence electrons. The Morgan fingerprint density at radius 1 is 1.00 bits per heavy atom. The fraction of sp³-hybridized carbons (Fsp3) is 0.0833. The third-order valence-electron chi connectivity index (χ3n) is 4.69. The Hall–Kier alpha value is -4.25. The summed E-state index contributed by atoms with van der Waals surface area (Å²) in [4.78, 5) is 12.5. The van der Waals surface area contributed by atoms with Gasteiger partial charge in [0.15, 0.2) is 17.3 Å². The number of carbonyl (C=O) groups is 1. The first-order chi connectivity index (χ1) is 15.3. The van der Waals surface area contributed by atoms with Crippen molar-refractivity contribution >= 4 is 11.9 Å². The van der Waals surface area contributed by atoms with E-state index in [-0.39, 0.29) is 28.6 Å². The molecule has 0 unspecified atom stereocenters. The monoisotopic (exact) mass is 437 g/mol. The van der Waals surface area contributed by atoms with Crippen LogP contribution in [0.3, 0.4) is 0 Å². The van der Waals surface area contributed by atoms with Crippen LogP contribution >= 0.6 is 0 Å². The minimum absolute atomic E-state index is 0.0341. The van der Waals surface area contributed by atoms with Crippen LogP contribution in [0.15, 0.2) is 66.4 Å². The van der Waals surface area contributed by atoms with Gasteiger partial charge < -0.3 is 14.2 Å². The lowest BCUT2D eigenvalue weighted by atomic mass is 10.1. The van der Waals surface area contributed by atoms with Crippen LogP contribution in [0.25, 0.3) is 6.08 Å². The molecule has 0 amide bonds. The van der Waals surface area contributed by atoms with Gasteiger partial charge in [-0.05, 0) is 54.1 Å². The largest absolute Gasteiger partial charge is 0.493 e. The van der Waals surface area contributed by atoms with Crippen LogP contribution in [0.5, 0.6) is 23.0 Å². The quantitative estimate of drug-likeness (QED) is 0.469. The van der Waals surface area contributed by atoms with Gasteiger partial charge in [0.25, 0.3) is 0 Å². The van der Waals surface area contributed by atoms with Gasteiger partial charge in [-0.2, -0.15) is 18.4 Å². The van der Waals surface area contributed by atoms with Crippen molar-refractivity contribution in [2.75, 3.05) is 7.11 Å². The molecule has 4 rings (SSSR count). The lowest BCUT2D eigenvalue weighted by Crippen LogP contribution is -2.08. The van der Waals surface area contributed by atoms with Crippen molar-refractivity contribution in [2.45, 2.75) is 6.18 Å². The number of para-hydroxylation sites is 1. The van der Waals surface area contributed by atoms with Crippen molar-refractivity contribution in [1.82, 2.24) is 0 Å². The zero-order chi connectivity index (χ0) is 22.9. The Kier molecular flexibility index (Phi) is 5.33. The summed E-state index contributed by atoms with van der Waals surface area (Å²) in [5.41, 5.74) is -0.235. The maximum Gasteiger partial charge on any atom is 0.420 e. The summed E-state index contributed by atoms with van der Waals surface area (Å²) in [6.07, 6.45) is -3.20. The molecule has 0 saturated carbocycles. The number of hydrogen-bond acceptors (Lipinski definition) is 5. The van der Waals surface area contributed by atoms with E-state index in [1.807, 2.05) is 0 Å². The average molecular weight is 437 g/mol. The summed E-state index contributed by atoms with van der Waals surface area (Å²) >= 11 is 0. The van der Waals surface area contributed by atoms with Crippen molar-refractivity contribution in [1.29, 1.82) is 5.26 Å². The fourth-order valence-electron chi connectivity index (χ4n) is 3.17. The maximum atomic E-state index is 13.4. The van der Waals surface area contributed by atoms with Crippen LogP contribution in [-0.4, -0.2) is 12.9 Å². The topological polar surface area (TPSA) is 68.6 Å². The molecule has 1 aliphatic rings. The molecule has 0 bridgehead atoms. The summed E-state index contributed by atoms with van der Waals surface area (Å²) in [5.74, 6) is 0.0223. The van der Waals surface area contributed by atoms with Gasteiger partial charge in [0.05, 0.1) is 29.9 Å². The summed E-state index contributed by atoms with van der Waals surface area (Å²) in [6, 6.07) is 16.0. The standard InChI is InChI=1S/C24H14F3NO4/c1-30-21-11-14(12-22-23(29)16-4-2-3-5-18(16)31-22)6-9-20(21)32-19-8-7-15(13-28)10-17(19)24(25,26)27/h2-12H,1H3. The highest BCUT2D eigenvalue weighted by Gasteiger charge is 2.35. The van der Waals surface area contributed by atoms with Crippen LogP contribution < -0.4 is 14.2 Å². The van der Waals surface area contributed by atoms with Crippen LogP contribution in [-0.2, 0) is 6.18 Å². The molecule has 0 atom stereocenters. The summed E-state index contributed by atoms with van der Waals surface area (Å²) in [7, 11) is 1.34. The van der Waals surface area contributed by atoms with Gasteiger partial charge in [-0.25, -0.2) is 0 Å². The van der Waals surface area contributed by atoms with E-state index in [1.54, 1.807) is 36.4 Å². The summed E-state index contributed by atoms with van der Waals surface area (Å²) < 4.78 is 56.6. The van der Waals surface area contributed by atoms with Gasteiger partial charge in [0.2, 0.25) is 5.78 Å². The second kappa shape index (κ2) is 8.12. The molecule has 32 heavy (non-hydrogen) atoms. The first-order valence-electron chi connectivity index (χ1n) is 9.30. The van der Waals surface area contributed by atoms with Gasteiger partial charge in [-0.1, -0.05) is 18.2 Å². The number of ether oxygens (including phenoxy) is 3. The van der Waals surface area contributed by atoms with E-state index >= 15 is 0 Å². The van der Waals surface area contributed by atoms with Crippen LogP contribution in [0, 0.1) is 11.3 Å². The molecule has 5 nitrogen and oxygen atoms in total. The van der Waals surface area contributed by atoms with Gasteiger partial charge >= 0.3 is 6.18 Å². The van der Waals surface area contributed by atoms with Crippen molar-refractivity contribution in [3.05, 3.63) is 88.7 Å². The number of rotatable bonds is 4. The molecule has 0 spiro atoms. The van der Waals surface area contributed by atoms with Crippen molar-refractivity contribution in [3.8, 4) is 29.1 Å². The van der Waals surface area contributed by atoms with E-state index in [0.717, 1.165) is 12.1 Å². The molecule has 0 N–H and O–H groups in total. The van der Waals surface area contributed by atoms with Gasteiger partial charge in [-0.3, -0.25) is 4.79 Å². The van der Waals surface area contributed by atoms with E-state index in [2.05, 4.69) is 0 Å². The second-order valence-corrected chi connectivity index (χ2v) is 6.77. The Bertz CT molecular complexity index is 1290. The molecule has 0 aromatic heterocycles. The molecule has 3 aromatic rings. The number of hydrogen-bond donors (Lipinski definition) is 0. The number of fused-ring (bicyclic) bond motifs is 1. The van der Waals surface area contributed by atoms with E-state index in [1.165, 1.54) is 31.4 Å². The molecule has 0 radical (unpaired) electrons. The number of alkyl halides is 3. The molecular weight excluding hydrogens is 423 g/mol. The molecule has 1 aliphatic heterocycles. The number of Topliss-reactive ketones (excluding diaryl/α,β-unsaturated/α-hetero) is 1. The Morgan fingerprint density at radius 3 is 2.44 bits per heavy atom. The van der Waals surface area contributed by atoms with E-state index in [4.69, 9.17) is 19.5 Å². The summed E-state index contributed by atoms with van der Waals surface area (Å²) in [6.45, 7) is 0. The van der Waals surface area contributed by atoms with Crippen molar-refractivity contribution < 1.29 is 32.2 Å². The predicted octanol–water partition coefficient (Wildman–Crippen LogP) is 5.99. The Morgan fingerprint density at radius 2 is 1.75 bits per heavy atom.